The molecule has 0 amide bonds. The lowest BCUT2D eigenvalue weighted by Crippen LogP contribution is -2.11. The number of nitrogens with zero attached hydrogens (tertiary/aromatic N) is 4. The first-order valence-corrected chi connectivity index (χ1v) is 8.86. The molecule has 3 heterocycles. The van der Waals surface area contributed by atoms with Crippen LogP contribution < -0.4 is 0 Å². The van der Waals surface area contributed by atoms with Gasteiger partial charge in [0.1, 0.15) is 5.69 Å². The van der Waals surface area contributed by atoms with Crippen molar-refractivity contribution in [2.45, 2.75) is 43.7 Å². The largest absolute Gasteiger partial charge is 0.476 e. The average molecular weight is 397 g/mol. The van der Waals surface area contributed by atoms with E-state index in [4.69, 9.17) is 11.6 Å². The summed E-state index contributed by atoms with van der Waals surface area (Å²) < 4.78 is 40.8. The third-order valence-corrected chi connectivity index (χ3v) is 5.37. The molecule has 2 aliphatic carbocycles. The van der Waals surface area contributed by atoms with Crippen LogP contribution in [0.1, 0.15) is 65.0 Å². The molecule has 0 aromatic carbocycles. The van der Waals surface area contributed by atoms with E-state index >= 15 is 0 Å². The molecular weight excluding hydrogens is 385 g/mol. The minimum Gasteiger partial charge on any atom is -0.476 e. The van der Waals surface area contributed by atoms with Crippen molar-refractivity contribution in [1.82, 2.24) is 19.6 Å². The Labute approximate surface area is 155 Å². The van der Waals surface area contributed by atoms with Crippen LogP contribution in [0.3, 0.4) is 0 Å². The molecule has 2 saturated carbocycles. The van der Waals surface area contributed by atoms with Crippen LogP contribution >= 0.6 is 11.6 Å². The van der Waals surface area contributed by atoms with Crippen LogP contribution in [-0.4, -0.2) is 30.7 Å². The van der Waals surface area contributed by atoms with Crippen molar-refractivity contribution in [3.05, 3.63) is 33.7 Å². The van der Waals surface area contributed by atoms with Gasteiger partial charge in [0.2, 0.25) is 0 Å². The van der Waals surface area contributed by atoms with Gasteiger partial charge in [-0.25, -0.2) is 19.3 Å². The summed E-state index contributed by atoms with van der Waals surface area (Å²) in [5, 5.41) is 14.0. The van der Waals surface area contributed by atoms with Gasteiger partial charge in [-0.15, -0.1) is 5.10 Å². The third kappa shape index (κ3) is 2.55. The Bertz CT molecular complexity index is 1130. The number of aromatic nitrogens is 4. The van der Waals surface area contributed by atoms with Crippen LogP contribution in [0.15, 0.2) is 6.07 Å². The van der Waals surface area contributed by atoms with Crippen LogP contribution in [-0.2, 0) is 6.18 Å². The van der Waals surface area contributed by atoms with E-state index in [2.05, 4.69) is 15.1 Å². The van der Waals surface area contributed by atoms with Crippen LogP contribution in [0, 0.1) is 0 Å². The van der Waals surface area contributed by atoms with Crippen LogP contribution in [0.5, 0.6) is 0 Å². The summed E-state index contributed by atoms with van der Waals surface area (Å²) in [4.78, 5) is 19.9. The molecule has 0 aliphatic heterocycles. The molecule has 0 saturated heterocycles. The summed E-state index contributed by atoms with van der Waals surface area (Å²) in [5.74, 6) is -1.27. The number of carboxylic acid groups (broad SMARTS) is 1. The molecule has 0 unspecified atom stereocenters. The Kier molecular flexibility index (Phi) is 3.29. The molecule has 0 spiro atoms. The number of halogens is 4. The summed E-state index contributed by atoms with van der Waals surface area (Å²) >= 11 is 6.26. The smallest absolute Gasteiger partial charge is 0.433 e. The third-order valence-electron chi connectivity index (χ3n) is 4.99. The minimum atomic E-state index is -4.62. The van der Waals surface area contributed by atoms with E-state index in [1.54, 1.807) is 0 Å². The number of alkyl halides is 3. The predicted molar refractivity (Wildman–Crippen MR) is 89.2 cm³/mol. The molecule has 0 bridgehead atoms. The quantitative estimate of drug-likeness (QED) is 0.709. The van der Waals surface area contributed by atoms with E-state index in [1.807, 2.05) is 0 Å². The number of rotatable bonds is 3. The molecule has 2 fully saturated rings. The first-order valence-electron chi connectivity index (χ1n) is 8.49. The lowest BCUT2D eigenvalue weighted by Gasteiger charge is -2.09. The van der Waals surface area contributed by atoms with Gasteiger partial charge in [0.25, 0.3) is 0 Å². The number of hydrogen-bond acceptors (Lipinski definition) is 4. The zero-order chi connectivity index (χ0) is 19.1. The highest BCUT2D eigenvalue weighted by Crippen LogP contribution is 2.47. The maximum atomic E-state index is 13.3. The number of carbonyl (C=O) groups is 1. The highest BCUT2D eigenvalue weighted by molar-refractivity contribution is 6.34. The SMILES string of the molecule is O=C(O)c1c(Cl)c(C2CC2)nc2c3c(C4CC4)cc(C(F)(F)F)nc3nn12. The molecule has 0 radical (unpaired) electrons. The van der Waals surface area contributed by atoms with E-state index in [1.165, 1.54) is 0 Å². The molecule has 6 nitrogen and oxygen atoms in total. The van der Waals surface area contributed by atoms with Crippen molar-refractivity contribution in [2.24, 2.45) is 0 Å². The van der Waals surface area contributed by atoms with Gasteiger partial charge in [-0.1, -0.05) is 11.6 Å². The number of pyridine rings is 1. The molecule has 2 aliphatic rings. The van der Waals surface area contributed by atoms with E-state index in [-0.39, 0.29) is 33.8 Å². The maximum Gasteiger partial charge on any atom is 0.433 e. The maximum absolute atomic E-state index is 13.3. The number of carboxylic acids is 1. The first-order chi connectivity index (χ1) is 12.8. The first kappa shape index (κ1) is 16.7. The van der Waals surface area contributed by atoms with E-state index < -0.39 is 17.8 Å². The van der Waals surface area contributed by atoms with Crippen molar-refractivity contribution in [3.8, 4) is 0 Å². The molecule has 27 heavy (non-hydrogen) atoms. The Morgan fingerprint density at radius 3 is 2.41 bits per heavy atom. The van der Waals surface area contributed by atoms with Crippen molar-refractivity contribution in [2.75, 3.05) is 0 Å². The molecular formula is C17H12ClF3N4O2. The summed E-state index contributed by atoms with van der Waals surface area (Å²) in [6.45, 7) is 0. The Morgan fingerprint density at radius 1 is 1.19 bits per heavy atom. The number of fused-ring (bicyclic) bond motifs is 3. The van der Waals surface area contributed by atoms with Gasteiger partial charge in [-0.05, 0) is 43.2 Å². The fourth-order valence-electron chi connectivity index (χ4n) is 3.41. The van der Waals surface area contributed by atoms with Crippen LogP contribution in [0.4, 0.5) is 13.2 Å². The fraction of sp³-hybridized carbons (Fsp3) is 0.412. The van der Waals surface area contributed by atoms with E-state index in [0.29, 0.717) is 16.6 Å². The summed E-state index contributed by atoms with van der Waals surface area (Å²) in [5.41, 5.74) is -0.356. The van der Waals surface area contributed by atoms with Gasteiger partial charge in [0.15, 0.2) is 17.0 Å². The minimum absolute atomic E-state index is 0.0191. The predicted octanol–water partition coefficient (Wildman–Crippen LogP) is 4.40. The monoisotopic (exact) mass is 396 g/mol. The summed E-state index contributed by atoms with van der Waals surface area (Å²) in [6, 6.07) is 1.04. The van der Waals surface area contributed by atoms with E-state index in [0.717, 1.165) is 36.3 Å². The molecule has 5 rings (SSSR count). The van der Waals surface area contributed by atoms with Crippen LogP contribution in [0.2, 0.25) is 5.02 Å². The zero-order valence-electron chi connectivity index (χ0n) is 13.7. The topological polar surface area (TPSA) is 80.4 Å². The highest BCUT2D eigenvalue weighted by Gasteiger charge is 2.38. The summed E-state index contributed by atoms with van der Waals surface area (Å²) in [6.07, 6.45) is -1.39. The second kappa shape index (κ2) is 5.31. The molecule has 0 atom stereocenters. The molecule has 3 aromatic heterocycles. The molecule has 3 aromatic rings. The average Bonchev–Trinajstić information content (AvgIpc) is 3.48. The number of aromatic carboxylic acids is 1. The highest BCUT2D eigenvalue weighted by atomic mass is 35.5. The van der Waals surface area contributed by atoms with E-state index in [9.17, 15) is 23.1 Å². The van der Waals surface area contributed by atoms with Crippen molar-refractivity contribution >= 4 is 34.3 Å². The molecule has 10 heteroatoms. The number of hydrogen-bond donors (Lipinski definition) is 1. The Hall–Kier alpha value is -2.42. The van der Waals surface area contributed by atoms with Crippen molar-refractivity contribution in [3.63, 3.8) is 0 Å². The van der Waals surface area contributed by atoms with Crippen molar-refractivity contribution < 1.29 is 23.1 Å². The lowest BCUT2D eigenvalue weighted by molar-refractivity contribution is -0.141. The lowest BCUT2D eigenvalue weighted by atomic mass is 10.1. The van der Waals surface area contributed by atoms with Gasteiger partial charge in [0.05, 0.1) is 16.1 Å². The van der Waals surface area contributed by atoms with Gasteiger partial charge in [-0.3, -0.25) is 0 Å². The van der Waals surface area contributed by atoms with Gasteiger partial charge >= 0.3 is 12.1 Å². The van der Waals surface area contributed by atoms with Gasteiger partial charge in [-0.2, -0.15) is 13.2 Å². The van der Waals surface area contributed by atoms with Crippen molar-refractivity contribution in [1.29, 1.82) is 0 Å². The van der Waals surface area contributed by atoms with Crippen LogP contribution in [0.25, 0.3) is 16.7 Å². The second-order valence-corrected chi connectivity index (χ2v) is 7.42. The normalized spacial score (nSPS) is 17.8. The Balaban J connectivity index is 1.92. The van der Waals surface area contributed by atoms with Gasteiger partial charge in [0, 0.05) is 5.92 Å². The zero-order valence-corrected chi connectivity index (χ0v) is 14.5. The van der Waals surface area contributed by atoms with Gasteiger partial charge < -0.3 is 5.11 Å². The standard InChI is InChI=1S/C17H12ClF3N4O2/c18-11-12(7-3-4-7)23-15-10-8(6-1-2-6)5-9(17(19,20)21)22-14(10)24-25(15)13(11)16(26)27/h5-7H,1-4H2,(H,26,27). The second-order valence-electron chi connectivity index (χ2n) is 7.04. The molecule has 1 N–H and O–H groups in total. The fourth-order valence-corrected chi connectivity index (χ4v) is 3.77. The molecule has 140 valence electrons. The summed E-state index contributed by atoms with van der Waals surface area (Å²) in [7, 11) is 0. The Morgan fingerprint density at radius 2 is 1.85 bits per heavy atom.